The number of nitrogens with two attached hydrogens (primary N) is 1. The molecule has 4 nitrogen and oxygen atoms in total. The van der Waals surface area contributed by atoms with Crippen molar-refractivity contribution in [2.24, 2.45) is 11.1 Å². The lowest BCUT2D eigenvalue weighted by atomic mass is 9.92. The maximum atomic E-state index is 8.96. The average molecular weight is 327 g/mol. The third-order valence-corrected chi connectivity index (χ3v) is 3.39. The van der Waals surface area contributed by atoms with Crippen LogP contribution in [0.25, 0.3) is 0 Å². The Morgan fingerprint density at radius 1 is 1.42 bits per heavy atom. The molecule has 0 bridgehead atoms. The summed E-state index contributed by atoms with van der Waals surface area (Å²) in [6.07, 6.45) is 0.651. The molecule has 0 heterocycles. The average Bonchev–Trinajstić information content (AvgIpc) is 2.39. The highest BCUT2D eigenvalue weighted by atomic mass is 79.9. The maximum Gasteiger partial charge on any atom is 0.175 e. The van der Waals surface area contributed by atoms with Crippen molar-refractivity contribution in [1.29, 1.82) is 5.26 Å². The van der Waals surface area contributed by atoms with Gasteiger partial charge in [0.1, 0.15) is 0 Å². The first-order valence-corrected chi connectivity index (χ1v) is 6.83. The molecule has 0 fully saturated rings. The van der Waals surface area contributed by atoms with Crippen molar-refractivity contribution in [3.05, 3.63) is 22.2 Å². The first-order valence-electron chi connectivity index (χ1n) is 6.04. The van der Waals surface area contributed by atoms with E-state index in [1.165, 1.54) is 0 Å². The molecule has 2 N–H and O–H groups in total. The van der Waals surface area contributed by atoms with Crippen LogP contribution in [0.2, 0.25) is 0 Å². The van der Waals surface area contributed by atoms with Crippen molar-refractivity contribution in [1.82, 2.24) is 0 Å². The molecular weight excluding hydrogens is 308 g/mol. The Morgan fingerprint density at radius 2 is 2.11 bits per heavy atom. The molecule has 0 unspecified atom stereocenters. The summed E-state index contributed by atoms with van der Waals surface area (Å²) in [5.74, 6) is 1.29. The molecule has 5 heteroatoms. The van der Waals surface area contributed by atoms with E-state index in [4.69, 9.17) is 20.5 Å². The predicted molar refractivity (Wildman–Crippen MR) is 78.1 cm³/mol. The minimum absolute atomic E-state index is 0.392. The second kappa shape index (κ2) is 6.78. The lowest BCUT2D eigenvalue weighted by Crippen LogP contribution is -2.13. The minimum Gasteiger partial charge on any atom is -0.493 e. The molecule has 0 radical (unpaired) electrons. The summed E-state index contributed by atoms with van der Waals surface area (Å²) in [6.45, 7) is 4.68. The van der Waals surface area contributed by atoms with Crippen LogP contribution in [0.4, 0.5) is 0 Å². The minimum atomic E-state index is -0.392. The molecule has 104 valence electrons. The van der Waals surface area contributed by atoms with E-state index in [-0.39, 0.29) is 0 Å². The van der Waals surface area contributed by atoms with Gasteiger partial charge in [-0.25, -0.2) is 0 Å². The Kier molecular flexibility index (Phi) is 5.64. The highest BCUT2D eigenvalue weighted by Crippen LogP contribution is 2.37. The first kappa shape index (κ1) is 15.8. The van der Waals surface area contributed by atoms with Gasteiger partial charge in [0, 0.05) is 6.54 Å². The Morgan fingerprint density at radius 3 is 2.63 bits per heavy atom. The summed E-state index contributed by atoms with van der Waals surface area (Å²) in [6, 6.07) is 6.02. The molecule has 0 saturated carbocycles. The molecule has 0 saturated heterocycles. The first-order chi connectivity index (χ1) is 8.93. The number of ether oxygens (including phenoxy) is 2. The molecular formula is C14H19BrN2O2. The van der Waals surface area contributed by atoms with Crippen LogP contribution in [0.1, 0.15) is 25.8 Å². The molecule has 0 aliphatic heterocycles. The zero-order chi connectivity index (χ0) is 14.5. The SMILES string of the molecule is COc1cc(CN)cc(Br)c1OCCC(C)(C)C#N. The highest BCUT2D eigenvalue weighted by molar-refractivity contribution is 9.10. The van der Waals surface area contributed by atoms with Gasteiger partial charge in [-0.2, -0.15) is 5.26 Å². The van der Waals surface area contributed by atoms with Crippen LogP contribution in [0.3, 0.4) is 0 Å². The summed E-state index contributed by atoms with van der Waals surface area (Å²) in [4.78, 5) is 0. The molecule has 0 aliphatic rings. The Balaban J connectivity index is 2.81. The Hall–Kier alpha value is -1.25. The summed E-state index contributed by atoms with van der Waals surface area (Å²) in [5, 5.41) is 8.96. The third kappa shape index (κ3) is 4.41. The van der Waals surface area contributed by atoms with Crippen molar-refractivity contribution in [2.45, 2.75) is 26.8 Å². The monoisotopic (exact) mass is 326 g/mol. The zero-order valence-electron chi connectivity index (χ0n) is 11.5. The zero-order valence-corrected chi connectivity index (χ0v) is 13.1. The van der Waals surface area contributed by atoms with E-state index < -0.39 is 5.41 Å². The van der Waals surface area contributed by atoms with E-state index in [1.807, 2.05) is 26.0 Å². The van der Waals surface area contributed by atoms with Gasteiger partial charge >= 0.3 is 0 Å². The molecule has 1 rings (SSSR count). The molecule has 1 aromatic rings. The summed E-state index contributed by atoms with van der Waals surface area (Å²) < 4.78 is 11.8. The third-order valence-electron chi connectivity index (χ3n) is 2.80. The number of benzene rings is 1. The number of nitrogens with zero attached hydrogens (tertiary/aromatic N) is 1. The lowest BCUT2D eigenvalue weighted by molar-refractivity contribution is 0.251. The molecule has 0 aromatic heterocycles. The van der Waals surface area contributed by atoms with Gasteiger partial charge in [0.25, 0.3) is 0 Å². The predicted octanol–water partition coefficient (Wildman–Crippen LogP) is 3.24. The number of halogens is 1. The van der Waals surface area contributed by atoms with E-state index in [2.05, 4.69) is 22.0 Å². The topological polar surface area (TPSA) is 68.3 Å². The number of hydrogen-bond donors (Lipinski definition) is 1. The molecule has 0 atom stereocenters. The lowest BCUT2D eigenvalue weighted by Gasteiger charge is -2.18. The van der Waals surface area contributed by atoms with E-state index in [9.17, 15) is 0 Å². The van der Waals surface area contributed by atoms with Crippen LogP contribution in [0, 0.1) is 16.7 Å². The van der Waals surface area contributed by atoms with E-state index >= 15 is 0 Å². The summed E-state index contributed by atoms with van der Waals surface area (Å²) in [5.41, 5.74) is 6.19. The maximum absolute atomic E-state index is 8.96. The van der Waals surface area contributed by atoms with Crippen molar-refractivity contribution in [3.8, 4) is 17.6 Å². The van der Waals surface area contributed by atoms with Crippen LogP contribution in [0.15, 0.2) is 16.6 Å². The van der Waals surface area contributed by atoms with Gasteiger partial charge in [-0.15, -0.1) is 0 Å². The van der Waals surface area contributed by atoms with Crippen LogP contribution < -0.4 is 15.2 Å². The molecule has 0 amide bonds. The number of methoxy groups -OCH3 is 1. The van der Waals surface area contributed by atoms with Crippen LogP contribution in [-0.4, -0.2) is 13.7 Å². The highest BCUT2D eigenvalue weighted by Gasteiger charge is 2.18. The summed E-state index contributed by atoms with van der Waals surface area (Å²) in [7, 11) is 1.59. The van der Waals surface area contributed by atoms with Crippen molar-refractivity contribution >= 4 is 15.9 Å². The smallest absolute Gasteiger partial charge is 0.175 e. The van der Waals surface area contributed by atoms with Gasteiger partial charge in [0.05, 0.1) is 29.7 Å². The molecule has 19 heavy (non-hydrogen) atoms. The molecule has 0 aliphatic carbocycles. The van der Waals surface area contributed by atoms with Crippen molar-refractivity contribution in [3.63, 3.8) is 0 Å². The van der Waals surface area contributed by atoms with Crippen LogP contribution in [0.5, 0.6) is 11.5 Å². The fraction of sp³-hybridized carbons (Fsp3) is 0.500. The van der Waals surface area contributed by atoms with Gasteiger partial charge in [-0.3, -0.25) is 0 Å². The van der Waals surface area contributed by atoms with E-state index in [0.717, 1.165) is 10.0 Å². The van der Waals surface area contributed by atoms with Crippen molar-refractivity contribution < 1.29 is 9.47 Å². The number of rotatable bonds is 6. The Labute approximate surface area is 122 Å². The quantitative estimate of drug-likeness (QED) is 0.871. The normalized spacial score (nSPS) is 10.9. The van der Waals surface area contributed by atoms with Crippen LogP contribution in [-0.2, 0) is 6.54 Å². The fourth-order valence-corrected chi connectivity index (χ4v) is 2.10. The van der Waals surface area contributed by atoms with Gasteiger partial charge in [-0.05, 0) is 53.9 Å². The summed E-state index contributed by atoms with van der Waals surface area (Å²) >= 11 is 3.45. The molecule has 1 aromatic carbocycles. The van der Waals surface area contributed by atoms with Gasteiger partial charge in [0.2, 0.25) is 0 Å². The second-order valence-corrected chi connectivity index (χ2v) is 5.76. The van der Waals surface area contributed by atoms with Gasteiger partial charge in [0.15, 0.2) is 11.5 Å². The van der Waals surface area contributed by atoms with E-state index in [0.29, 0.717) is 31.1 Å². The van der Waals surface area contributed by atoms with Crippen LogP contribution >= 0.6 is 15.9 Å². The standard InChI is InChI=1S/C14H19BrN2O2/c1-14(2,9-17)4-5-19-13-11(15)6-10(8-16)7-12(13)18-3/h6-7H,4-5,8,16H2,1-3H3. The Bertz CT molecular complexity index is 481. The van der Waals surface area contributed by atoms with Gasteiger partial charge < -0.3 is 15.2 Å². The van der Waals surface area contributed by atoms with E-state index in [1.54, 1.807) is 7.11 Å². The fourth-order valence-electron chi connectivity index (χ4n) is 1.50. The molecule has 0 spiro atoms. The second-order valence-electron chi connectivity index (χ2n) is 4.91. The number of hydrogen-bond acceptors (Lipinski definition) is 4. The number of nitriles is 1. The van der Waals surface area contributed by atoms with Gasteiger partial charge in [-0.1, -0.05) is 0 Å². The largest absolute Gasteiger partial charge is 0.493 e. The van der Waals surface area contributed by atoms with Crippen molar-refractivity contribution in [2.75, 3.05) is 13.7 Å².